The molecule has 9 nitrogen and oxygen atoms in total. The van der Waals surface area contributed by atoms with E-state index >= 15 is 0 Å². The van der Waals surface area contributed by atoms with E-state index in [4.69, 9.17) is 0 Å². The van der Waals surface area contributed by atoms with Crippen LogP contribution < -0.4 is 10.2 Å². The first kappa shape index (κ1) is 16.6. The highest BCUT2D eigenvalue weighted by Gasteiger charge is 2.26. The molecule has 0 bridgehead atoms. The molecule has 1 aromatic rings. The van der Waals surface area contributed by atoms with Crippen molar-refractivity contribution in [3.8, 4) is 0 Å². The molecule has 0 aromatic carbocycles. The number of anilines is 2. The van der Waals surface area contributed by atoms with Crippen LogP contribution >= 0.6 is 0 Å². The number of aromatic nitrogens is 2. The van der Waals surface area contributed by atoms with Gasteiger partial charge in [0.05, 0.1) is 11.5 Å². The third kappa shape index (κ3) is 4.01. The fourth-order valence-electron chi connectivity index (χ4n) is 1.69. The van der Waals surface area contributed by atoms with E-state index in [2.05, 4.69) is 15.3 Å². The predicted molar refractivity (Wildman–Crippen MR) is 79.6 cm³/mol. The molecule has 0 fully saturated rings. The van der Waals surface area contributed by atoms with Gasteiger partial charge in [0.2, 0.25) is 17.7 Å². The minimum atomic E-state index is -0.531. The molecule has 0 spiro atoms. The summed E-state index contributed by atoms with van der Waals surface area (Å²) >= 11 is 0. The number of nitro groups is 1. The molecule has 0 aliphatic rings. The lowest BCUT2D eigenvalue weighted by atomic mass is 10.3. The molecule has 21 heavy (non-hydrogen) atoms. The van der Waals surface area contributed by atoms with E-state index in [0.717, 1.165) is 0 Å². The highest BCUT2D eigenvalue weighted by Crippen LogP contribution is 2.28. The van der Waals surface area contributed by atoms with Crippen molar-refractivity contribution in [3.63, 3.8) is 0 Å². The normalized spacial score (nSPS) is 10.1. The largest absolute Gasteiger partial charge is 0.354 e. The number of nitrogens with one attached hydrogen (secondary N) is 1. The smallest absolute Gasteiger partial charge is 0.332 e. The molecule has 1 amide bonds. The van der Waals surface area contributed by atoms with Gasteiger partial charge in [-0.1, -0.05) is 0 Å². The molecule has 1 rings (SSSR count). The molecular formula is C12H20N6O3. The first-order chi connectivity index (χ1) is 9.77. The molecule has 1 heterocycles. The van der Waals surface area contributed by atoms with Crippen LogP contribution in [0.3, 0.4) is 0 Å². The van der Waals surface area contributed by atoms with E-state index in [1.807, 2.05) is 6.92 Å². The van der Waals surface area contributed by atoms with Crippen LogP contribution in [-0.2, 0) is 4.79 Å². The molecule has 0 saturated carbocycles. The van der Waals surface area contributed by atoms with Gasteiger partial charge in [-0.2, -0.15) is 4.98 Å². The van der Waals surface area contributed by atoms with Gasteiger partial charge >= 0.3 is 5.69 Å². The number of aryl methyl sites for hydroxylation is 1. The fourth-order valence-corrected chi connectivity index (χ4v) is 1.69. The quantitative estimate of drug-likeness (QED) is 0.607. The summed E-state index contributed by atoms with van der Waals surface area (Å²) in [6, 6.07) is 0. The Morgan fingerprint density at radius 2 is 1.95 bits per heavy atom. The second-order valence-electron chi connectivity index (χ2n) is 4.74. The van der Waals surface area contributed by atoms with E-state index in [0.29, 0.717) is 12.5 Å². The van der Waals surface area contributed by atoms with Gasteiger partial charge in [-0.25, -0.2) is 4.98 Å². The maximum Gasteiger partial charge on any atom is 0.332 e. The van der Waals surface area contributed by atoms with E-state index in [1.54, 1.807) is 28.1 Å². The number of likely N-dealkylation sites (N-methyl/N-ethyl adjacent to an activating group) is 2. The van der Waals surface area contributed by atoms with E-state index in [-0.39, 0.29) is 29.7 Å². The SMILES string of the molecule is CCNc1nc(C)c([N+](=O)[O-])c(N(C)CC(=O)N(C)C)n1. The van der Waals surface area contributed by atoms with Gasteiger partial charge in [-0.05, 0) is 13.8 Å². The van der Waals surface area contributed by atoms with Gasteiger partial charge in [0.1, 0.15) is 5.69 Å². The van der Waals surface area contributed by atoms with Crippen molar-refractivity contribution in [1.29, 1.82) is 0 Å². The minimum absolute atomic E-state index is 0.00411. The monoisotopic (exact) mass is 296 g/mol. The predicted octanol–water partition coefficient (Wildman–Crippen LogP) is 0.649. The summed E-state index contributed by atoms with van der Waals surface area (Å²) in [4.78, 5) is 33.5. The lowest BCUT2D eigenvalue weighted by Gasteiger charge is -2.20. The number of hydrogen-bond acceptors (Lipinski definition) is 7. The molecule has 1 N–H and O–H groups in total. The van der Waals surface area contributed by atoms with Gasteiger partial charge in [0, 0.05) is 27.7 Å². The van der Waals surface area contributed by atoms with Crippen LogP contribution in [0.15, 0.2) is 0 Å². The van der Waals surface area contributed by atoms with Crippen molar-refractivity contribution >= 4 is 23.4 Å². The molecule has 0 radical (unpaired) electrons. The summed E-state index contributed by atoms with van der Waals surface area (Å²) in [6.07, 6.45) is 0. The lowest BCUT2D eigenvalue weighted by Crippen LogP contribution is -2.35. The summed E-state index contributed by atoms with van der Waals surface area (Å²) in [7, 11) is 4.84. The Balaban J connectivity index is 3.23. The summed E-state index contributed by atoms with van der Waals surface area (Å²) in [5.41, 5.74) is 0.0656. The Hall–Kier alpha value is -2.45. The number of carbonyl (C=O) groups excluding carboxylic acids is 1. The Morgan fingerprint density at radius 3 is 2.43 bits per heavy atom. The third-order valence-electron chi connectivity index (χ3n) is 2.79. The second-order valence-corrected chi connectivity index (χ2v) is 4.74. The summed E-state index contributed by atoms with van der Waals surface area (Å²) in [6.45, 7) is 4.01. The van der Waals surface area contributed by atoms with Gasteiger partial charge in [0.25, 0.3) is 0 Å². The van der Waals surface area contributed by atoms with Crippen LogP contribution in [0.2, 0.25) is 0 Å². The number of amides is 1. The molecule has 116 valence electrons. The van der Waals surface area contributed by atoms with Crippen LogP contribution in [0.1, 0.15) is 12.6 Å². The van der Waals surface area contributed by atoms with Crippen molar-refractivity contribution in [1.82, 2.24) is 14.9 Å². The molecule has 0 atom stereocenters. The van der Waals surface area contributed by atoms with Crippen LogP contribution in [0.4, 0.5) is 17.5 Å². The van der Waals surface area contributed by atoms with E-state index in [1.165, 1.54) is 9.80 Å². The van der Waals surface area contributed by atoms with Gasteiger partial charge in [0.15, 0.2) is 0 Å². The van der Waals surface area contributed by atoms with Crippen LogP contribution in [-0.4, -0.2) is 59.9 Å². The zero-order chi connectivity index (χ0) is 16.2. The Morgan fingerprint density at radius 1 is 1.33 bits per heavy atom. The standard InChI is InChI=1S/C12H20N6O3/c1-6-13-12-14-8(2)10(18(20)21)11(15-12)17(5)7-9(19)16(3)4/h6-7H2,1-5H3,(H,13,14,15). The molecule has 0 aliphatic carbocycles. The summed E-state index contributed by atoms with van der Waals surface area (Å²) < 4.78 is 0. The lowest BCUT2D eigenvalue weighted by molar-refractivity contribution is -0.385. The summed E-state index contributed by atoms with van der Waals surface area (Å²) in [5, 5.41) is 14.1. The Bertz CT molecular complexity index is 546. The molecule has 0 aliphatic heterocycles. The van der Waals surface area contributed by atoms with Crippen LogP contribution in [0, 0.1) is 17.0 Å². The van der Waals surface area contributed by atoms with Crippen LogP contribution in [0.25, 0.3) is 0 Å². The number of nitrogens with zero attached hydrogens (tertiary/aromatic N) is 5. The second kappa shape index (κ2) is 6.82. The van der Waals surface area contributed by atoms with Gasteiger partial charge < -0.3 is 15.1 Å². The number of hydrogen-bond donors (Lipinski definition) is 1. The first-order valence-electron chi connectivity index (χ1n) is 6.46. The Labute approximate surface area is 123 Å². The van der Waals surface area contributed by atoms with Crippen molar-refractivity contribution in [2.45, 2.75) is 13.8 Å². The minimum Gasteiger partial charge on any atom is -0.354 e. The molecule has 0 saturated heterocycles. The third-order valence-corrected chi connectivity index (χ3v) is 2.79. The first-order valence-corrected chi connectivity index (χ1v) is 6.46. The van der Waals surface area contributed by atoms with Crippen molar-refractivity contribution in [3.05, 3.63) is 15.8 Å². The number of carbonyl (C=O) groups is 1. The number of rotatable bonds is 6. The molecule has 1 aromatic heterocycles. The zero-order valence-electron chi connectivity index (χ0n) is 12.9. The topological polar surface area (TPSA) is 104 Å². The molecular weight excluding hydrogens is 276 g/mol. The van der Waals surface area contributed by atoms with Crippen LogP contribution in [0.5, 0.6) is 0 Å². The maximum absolute atomic E-state index is 11.8. The maximum atomic E-state index is 11.8. The molecule has 0 unspecified atom stereocenters. The summed E-state index contributed by atoms with van der Waals surface area (Å²) in [5.74, 6) is 0.256. The van der Waals surface area contributed by atoms with Gasteiger partial charge in [-0.3, -0.25) is 14.9 Å². The van der Waals surface area contributed by atoms with Crippen molar-refractivity contribution in [2.75, 3.05) is 44.4 Å². The van der Waals surface area contributed by atoms with E-state index in [9.17, 15) is 14.9 Å². The van der Waals surface area contributed by atoms with Crippen molar-refractivity contribution in [2.24, 2.45) is 0 Å². The average molecular weight is 296 g/mol. The highest BCUT2D eigenvalue weighted by atomic mass is 16.6. The van der Waals surface area contributed by atoms with E-state index < -0.39 is 4.92 Å². The fraction of sp³-hybridized carbons (Fsp3) is 0.583. The molecule has 9 heteroatoms. The van der Waals surface area contributed by atoms with Crippen molar-refractivity contribution < 1.29 is 9.72 Å². The average Bonchev–Trinajstić information content (AvgIpc) is 2.37. The van der Waals surface area contributed by atoms with Gasteiger partial charge in [-0.15, -0.1) is 0 Å². The highest BCUT2D eigenvalue weighted by molar-refractivity contribution is 5.81. The zero-order valence-corrected chi connectivity index (χ0v) is 12.9. The Kier molecular flexibility index (Phi) is 5.39.